The van der Waals surface area contributed by atoms with Gasteiger partial charge in [-0.2, -0.15) is 5.10 Å². The highest BCUT2D eigenvalue weighted by molar-refractivity contribution is 14.1. The predicted molar refractivity (Wildman–Crippen MR) is 86.3 cm³/mol. The van der Waals surface area contributed by atoms with Crippen molar-refractivity contribution >= 4 is 28.6 Å². The monoisotopic (exact) mass is 384 g/mol. The van der Waals surface area contributed by atoms with E-state index >= 15 is 0 Å². The van der Waals surface area contributed by atoms with E-state index in [1.54, 1.807) is 0 Å². The molecule has 0 saturated carbocycles. The molecular formula is C15H17IN2O2. The number of esters is 1. The van der Waals surface area contributed by atoms with E-state index in [2.05, 4.69) is 48.5 Å². The molecule has 0 bridgehead atoms. The Morgan fingerprint density at radius 3 is 2.35 bits per heavy atom. The summed E-state index contributed by atoms with van der Waals surface area (Å²) < 4.78 is 7.48. The first-order chi connectivity index (χ1) is 9.36. The van der Waals surface area contributed by atoms with Crippen LogP contribution >= 0.6 is 22.6 Å². The van der Waals surface area contributed by atoms with Gasteiger partial charge in [0.15, 0.2) is 5.69 Å². The maximum Gasteiger partial charge on any atom is 0.359 e. The van der Waals surface area contributed by atoms with E-state index in [9.17, 15) is 4.79 Å². The molecule has 20 heavy (non-hydrogen) atoms. The molecular weight excluding hydrogens is 367 g/mol. The fraction of sp³-hybridized carbons (Fsp3) is 0.333. The Hall–Kier alpha value is -1.37. The summed E-state index contributed by atoms with van der Waals surface area (Å²) in [5.74, 6) is -0.408. The van der Waals surface area contributed by atoms with E-state index < -0.39 is 5.97 Å². The van der Waals surface area contributed by atoms with E-state index in [-0.39, 0.29) is 5.41 Å². The third-order valence-electron chi connectivity index (χ3n) is 2.92. The van der Waals surface area contributed by atoms with Gasteiger partial charge in [0, 0.05) is 5.41 Å². The van der Waals surface area contributed by atoms with Crippen LogP contribution in [0.4, 0.5) is 0 Å². The minimum absolute atomic E-state index is 0.133. The normalized spacial score (nSPS) is 11.4. The Labute approximate surface area is 132 Å². The van der Waals surface area contributed by atoms with Gasteiger partial charge in [0.1, 0.15) is 0 Å². The van der Waals surface area contributed by atoms with Crippen molar-refractivity contribution in [1.82, 2.24) is 9.78 Å². The van der Waals surface area contributed by atoms with Gasteiger partial charge in [-0.3, -0.25) is 0 Å². The van der Waals surface area contributed by atoms with Crippen LogP contribution in [0.5, 0.6) is 0 Å². The van der Waals surface area contributed by atoms with Crippen molar-refractivity contribution in [3.63, 3.8) is 0 Å². The second-order valence-electron chi connectivity index (χ2n) is 5.50. The van der Waals surface area contributed by atoms with Gasteiger partial charge in [-0.15, -0.1) is 0 Å². The number of benzene rings is 1. The van der Waals surface area contributed by atoms with Crippen LogP contribution in [-0.4, -0.2) is 22.9 Å². The molecule has 0 spiro atoms. The predicted octanol–water partition coefficient (Wildman–Crippen LogP) is 3.56. The quantitative estimate of drug-likeness (QED) is 0.588. The number of hydrogen-bond acceptors (Lipinski definition) is 3. The second kappa shape index (κ2) is 5.55. The maximum absolute atomic E-state index is 11.9. The summed E-state index contributed by atoms with van der Waals surface area (Å²) >= 11 is 2.17. The van der Waals surface area contributed by atoms with Crippen LogP contribution in [0.15, 0.2) is 30.3 Å². The topological polar surface area (TPSA) is 44.1 Å². The molecule has 1 aromatic heterocycles. The highest BCUT2D eigenvalue weighted by Crippen LogP contribution is 2.31. The lowest BCUT2D eigenvalue weighted by Crippen LogP contribution is -2.18. The smallest absolute Gasteiger partial charge is 0.359 e. The molecule has 0 radical (unpaired) electrons. The van der Waals surface area contributed by atoms with E-state index in [0.29, 0.717) is 5.69 Å². The summed E-state index contributed by atoms with van der Waals surface area (Å²) in [5, 5.41) is 4.45. The zero-order valence-electron chi connectivity index (χ0n) is 12.0. The Morgan fingerprint density at radius 2 is 1.85 bits per heavy atom. The Balaban J connectivity index is 2.71. The molecule has 2 rings (SSSR count). The van der Waals surface area contributed by atoms with Crippen molar-refractivity contribution in [2.24, 2.45) is 0 Å². The zero-order valence-corrected chi connectivity index (χ0v) is 14.1. The minimum Gasteiger partial charge on any atom is -0.464 e. The number of rotatable bonds is 2. The summed E-state index contributed by atoms with van der Waals surface area (Å²) in [7, 11) is 1.37. The molecule has 0 saturated heterocycles. The molecule has 106 valence electrons. The van der Waals surface area contributed by atoms with Crippen LogP contribution in [-0.2, 0) is 10.2 Å². The molecule has 0 atom stereocenters. The standard InChI is InChI=1S/C15H17IN2O2/c1-15(2,3)13-11(16)12(14(19)20-4)17-18(13)10-8-6-5-7-9-10/h5-9H,1-4H3. The lowest BCUT2D eigenvalue weighted by molar-refractivity contribution is 0.0592. The van der Waals surface area contributed by atoms with Gasteiger partial charge >= 0.3 is 5.97 Å². The lowest BCUT2D eigenvalue weighted by atomic mass is 9.91. The largest absolute Gasteiger partial charge is 0.464 e. The Morgan fingerprint density at radius 1 is 1.25 bits per heavy atom. The molecule has 0 aliphatic rings. The fourth-order valence-corrected chi connectivity index (χ4v) is 3.39. The molecule has 0 unspecified atom stereocenters. The van der Waals surface area contributed by atoms with Gasteiger partial charge in [0.05, 0.1) is 22.1 Å². The van der Waals surface area contributed by atoms with Crippen molar-refractivity contribution in [3.05, 3.63) is 45.3 Å². The second-order valence-corrected chi connectivity index (χ2v) is 6.58. The number of carbonyl (C=O) groups excluding carboxylic acids is 1. The van der Waals surface area contributed by atoms with E-state index in [4.69, 9.17) is 4.74 Å². The van der Waals surface area contributed by atoms with Crippen LogP contribution in [0.1, 0.15) is 37.0 Å². The number of methoxy groups -OCH3 is 1. The van der Waals surface area contributed by atoms with E-state index in [0.717, 1.165) is 15.0 Å². The van der Waals surface area contributed by atoms with E-state index in [1.165, 1.54) is 7.11 Å². The van der Waals surface area contributed by atoms with Gasteiger partial charge in [0.25, 0.3) is 0 Å². The van der Waals surface area contributed by atoms with Crippen molar-refractivity contribution in [1.29, 1.82) is 0 Å². The number of halogens is 1. The molecule has 0 aliphatic carbocycles. The van der Waals surface area contributed by atoms with Crippen LogP contribution in [0.3, 0.4) is 0 Å². The number of hydrogen-bond donors (Lipinski definition) is 0. The third-order valence-corrected chi connectivity index (χ3v) is 3.94. The summed E-state index contributed by atoms with van der Waals surface area (Å²) in [6.07, 6.45) is 0. The third kappa shape index (κ3) is 2.72. The van der Waals surface area contributed by atoms with Gasteiger partial charge < -0.3 is 4.74 Å². The number of nitrogens with zero attached hydrogens (tertiary/aromatic N) is 2. The molecule has 1 aromatic carbocycles. The van der Waals surface area contributed by atoms with Crippen molar-refractivity contribution in [2.75, 3.05) is 7.11 Å². The van der Waals surface area contributed by atoms with Crippen molar-refractivity contribution in [2.45, 2.75) is 26.2 Å². The molecule has 0 fully saturated rings. The number of carbonyl (C=O) groups is 1. The molecule has 0 amide bonds. The first kappa shape index (κ1) is 15.0. The molecule has 0 aliphatic heterocycles. The van der Waals surface area contributed by atoms with Crippen LogP contribution in [0.2, 0.25) is 0 Å². The minimum atomic E-state index is -0.408. The molecule has 1 heterocycles. The van der Waals surface area contributed by atoms with E-state index in [1.807, 2.05) is 35.0 Å². The van der Waals surface area contributed by atoms with Gasteiger partial charge in [-0.05, 0) is 34.7 Å². The summed E-state index contributed by atoms with van der Waals surface area (Å²) in [5.41, 5.74) is 2.17. The average molecular weight is 384 g/mol. The summed E-state index contributed by atoms with van der Waals surface area (Å²) in [4.78, 5) is 11.9. The van der Waals surface area contributed by atoms with Gasteiger partial charge in [0.2, 0.25) is 0 Å². The fourth-order valence-electron chi connectivity index (χ4n) is 2.03. The highest BCUT2D eigenvalue weighted by atomic mass is 127. The first-order valence-electron chi connectivity index (χ1n) is 6.29. The number of para-hydroxylation sites is 1. The molecule has 0 N–H and O–H groups in total. The SMILES string of the molecule is COC(=O)c1nn(-c2ccccc2)c(C(C)(C)C)c1I. The summed E-state index contributed by atoms with van der Waals surface area (Å²) in [6, 6.07) is 9.80. The van der Waals surface area contributed by atoms with Gasteiger partial charge in [-0.1, -0.05) is 39.0 Å². The van der Waals surface area contributed by atoms with Crippen molar-refractivity contribution in [3.8, 4) is 5.69 Å². The Kier molecular flexibility index (Phi) is 4.17. The van der Waals surface area contributed by atoms with Crippen molar-refractivity contribution < 1.29 is 9.53 Å². The lowest BCUT2D eigenvalue weighted by Gasteiger charge is -2.21. The highest BCUT2D eigenvalue weighted by Gasteiger charge is 2.29. The van der Waals surface area contributed by atoms with Crippen LogP contribution in [0, 0.1) is 3.57 Å². The molecule has 5 heteroatoms. The average Bonchev–Trinajstić information content (AvgIpc) is 2.76. The van der Waals surface area contributed by atoms with Gasteiger partial charge in [-0.25, -0.2) is 9.48 Å². The molecule has 2 aromatic rings. The molecule has 4 nitrogen and oxygen atoms in total. The zero-order chi connectivity index (χ0) is 14.9. The maximum atomic E-state index is 11.9. The van der Waals surface area contributed by atoms with Crippen LogP contribution in [0.25, 0.3) is 5.69 Å². The van der Waals surface area contributed by atoms with Crippen LogP contribution < -0.4 is 0 Å². The Bertz CT molecular complexity index is 627. The summed E-state index contributed by atoms with van der Waals surface area (Å²) in [6.45, 7) is 6.31. The number of ether oxygens (including phenoxy) is 1. The first-order valence-corrected chi connectivity index (χ1v) is 7.37. The number of aromatic nitrogens is 2.